The molecule has 1 fully saturated rings. The van der Waals surface area contributed by atoms with Crippen LogP contribution in [0.15, 0.2) is 30.3 Å². The number of piperidine rings is 1. The molecular formula is C16H21NO3. The van der Waals surface area contributed by atoms with Gasteiger partial charge in [-0.1, -0.05) is 12.1 Å². The van der Waals surface area contributed by atoms with Crippen LogP contribution in [0, 0.1) is 5.92 Å². The Hall–Kier alpha value is -1.81. The van der Waals surface area contributed by atoms with Crippen molar-refractivity contribution in [2.75, 3.05) is 26.8 Å². The third-order valence-electron chi connectivity index (χ3n) is 3.62. The number of hydrogen-bond donors (Lipinski definition) is 1. The highest BCUT2D eigenvalue weighted by Gasteiger charge is 2.21. The number of rotatable bonds is 4. The molecule has 1 N–H and O–H groups in total. The van der Waals surface area contributed by atoms with Crippen LogP contribution in [0.25, 0.3) is 6.08 Å². The number of methoxy groups -OCH3 is 1. The molecule has 1 aliphatic rings. The smallest absolute Gasteiger partial charge is 0.246 e. The maximum Gasteiger partial charge on any atom is 0.246 e. The minimum atomic E-state index is 0.0129. The summed E-state index contributed by atoms with van der Waals surface area (Å²) in [6.07, 6.45) is 5.38. The zero-order chi connectivity index (χ0) is 14.4. The summed E-state index contributed by atoms with van der Waals surface area (Å²) in [6, 6.07) is 7.56. The predicted octanol–water partition coefficient (Wildman–Crippen LogP) is 1.94. The van der Waals surface area contributed by atoms with E-state index in [1.165, 1.54) is 0 Å². The van der Waals surface area contributed by atoms with Crippen molar-refractivity contribution < 1.29 is 14.6 Å². The minimum Gasteiger partial charge on any atom is -0.497 e. The summed E-state index contributed by atoms with van der Waals surface area (Å²) < 4.78 is 5.09. The summed E-state index contributed by atoms with van der Waals surface area (Å²) >= 11 is 0. The van der Waals surface area contributed by atoms with E-state index in [2.05, 4.69) is 0 Å². The molecule has 4 heteroatoms. The molecule has 20 heavy (non-hydrogen) atoms. The van der Waals surface area contributed by atoms with Gasteiger partial charge >= 0.3 is 0 Å². The molecule has 0 aliphatic carbocycles. The number of ether oxygens (including phenoxy) is 1. The second kappa shape index (κ2) is 7.10. The van der Waals surface area contributed by atoms with Gasteiger partial charge in [0.05, 0.1) is 7.11 Å². The van der Waals surface area contributed by atoms with E-state index in [0.717, 1.165) is 30.7 Å². The molecule has 2 rings (SSSR count). The largest absolute Gasteiger partial charge is 0.497 e. The third kappa shape index (κ3) is 3.84. The molecule has 0 bridgehead atoms. The molecule has 1 atom stereocenters. The zero-order valence-corrected chi connectivity index (χ0v) is 11.8. The highest BCUT2D eigenvalue weighted by molar-refractivity contribution is 5.91. The van der Waals surface area contributed by atoms with Gasteiger partial charge in [-0.15, -0.1) is 0 Å². The van der Waals surface area contributed by atoms with Crippen LogP contribution in [0.5, 0.6) is 5.75 Å². The molecule has 1 aromatic carbocycles. The Morgan fingerprint density at radius 1 is 1.45 bits per heavy atom. The Morgan fingerprint density at radius 2 is 2.20 bits per heavy atom. The van der Waals surface area contributed by atoms with Crippen LogP contribution in [0.2, 0.25) is 0 Å². The van der Waals surface area contributed by atoms with E-state index in [1.807, 2.05) is 35.2 Å². The average molecular weight is 275 g/mol. The molecule has 108 valence electrons. The van der Waals surface area contributed by atoms with E-state index in [0.29, 0.717) is 6.54 Å². The summed E-state index contributed by atoms with van der Waals surface area (Å²) in [4.78, 5) is 13.9. The number of amides is 1. The second-order valence-corrected chi connectivity index (χ2v) is 5.08. The highest BCUT2D eigenvalue weighted by atomic mass is 16.5. The van der Waals surface area contributed by atoms with Crippen LogP contribution in [0.4, 0.5) is 0 Å². The molecular weight excluding hydrogens is 254 g/mol. The molecule has 1 heterocycles. The minimum absolute atomic E-state index is 0.0129. The van der Waals surface area contributed by atoms with Crippen molar-refractivity contribution in [1.29, 1.82) is 0 Å². The molecule has 0 spiro atoms. The highest BCUT2D eigenvalue weighted by Crippen LogP contribution is 2.17. The molecule has 1 aliphatic heterocycles. The van der Waals surface area contributed by atoms with Crippen molar-refractivity contribution in [3.63, 3.8) is 0 Å². The lowest BCUT2D eigenvalue weighted by Crippen LogP contribution is -2.40. The first kappa shape index (κ1) is 14.6. The molecule has 1 saturated heterocycles. The number of carbonyl (C=O) groups is 1. The van der Waals surface area contributed by atoms with Crippen LogP contribution >= 0.6 is 0 Å². The number of nitrogens with zero attached hydrogens (tertiary/aromatic N) is 1. The lowest BCUT2D eigenvalue weighted by atomic mass is 9.99. The molecule has 1 amide bonds. The van der Waals surface area contributed by atoms with Gasteiger partial charge in [-0.05, 0) is 42.5 Å². The summed E-state index contributed by atoms with van der Waals surface area (Å²) in [5.74, 6) is 1.04. The fourth-order valence-corrected chi connectivity index (χ4v) is 2.40. The van der Waals surface area contributed by atoms with Crippen molar-refractivity contribution in [2.45, 2.75) is 12.8 Å². The van der Waals surface area contributed by atoms with Crippen LogP contribution in [0.1, 0.15) is 18.4 Å². The van der Waals surface area contributed by atoms with E-state index < -0.39 is 0 Å². The van der Waals surface area contributed by atoms with E-state index in [9.17, 15) is 9.90 Å². The van der Waals surface area contributed by atoms with Crippen molar-refractivity contribution in [3.8, 4) is 5.75 Å². The summed E-state index contributed by atoms with van der Waals surface area (Å²) in [5, 5.41) is 9.18. The van der Waals surface area contributed by atoms with E-state index >= 15 is 0 Å². The Bertz CT molecular complexity index is 467. The van der Waals surface area contributed by atoms with Gasteiger partial charge in [0.1, 0.15) is 5.75 Å². The van der Waals surface area contributed by atoms with Gasteiger partial charge in [0.25, 0.3) is 0 Å². The van der Waals surface area contributed by atoms with Gasteiger partial charge in [0.15, 0.2) is 0 Å². The Morgan fingerprint density at radius 3 is 2.85 bits per heavy atom. The van der Waals surface area contributed by atoms with Crippen LogP contribution in [0.3, 0.4) is 0 Å². The summed E-state index contributed by atoms with van der Waals surface area (Å²) in [6.45, 7) is 1.59. The van der Waals surface area contributed by atoms with Crippen LogP contribution in [-0.4, -0.2) is 42.7 Å². The SMILES string of the molecule is COc1ccc(/C=C/C(=O)N2CCCC(CO)C2)cc1. The molecule has 0 radical (unpaired) electrons. The van der Waals surface area contributed by atoms with Gasteiger partial charge in [-0.2, -0.15) is 0 Å². The number of hydrogen-bond acceptors (Lipinski definition) is 3. The molecule has 1 aromatic rings. The van der Waals surface area contributed by atoms with Gasteiger partial charge < -0.3 is 14.7 Å². The third-order valence-corrected chi connectivity index (χ3v) is 3.62. The Kier molecular flexibility index (Phi) is 5.18. The summed E-state index contributed by atoms with van der Waals surface area (Å²) in [7, 11) is 1.63. The van der Waals surface area contributed by atoms with E-state index in [4.69, 9.17) is 4.74 Å². The topological polar surface area (TPSA) is 49.8 Å². The standard InChI is InChI=1S/C16H21NO3/c1-20-15-7-4-13(5-8-15)6-9-16(19)17-10-2-3-14(11-17)12-18/h4-9,14,18H,2-3,10-12H2,1H3/b9-6+. The predicted molar refractivity (Wildman–Crippen MR) is 78.4 cm³/mol. The first-order valence-corrected chi connectivity index (χ1v) is 6.95. The van der Waals surface area contributed by atoms with Crippen LogP contribution in [-0.2, 0) is 4.79 Å². The van der Waals surface area contributed by atoms with E-state index in [1.54, 1.807) is 13.2 Å². The number of carbonyl (C=O) groups excluding carboxylic acids is 1. The first-order valence-electron chi connectivity index (χ1n) is 6.95. The van der Waals surface area contributed by atoms with Gasteiger partial charge in [-0.3, -0.25) is 4.79 Å². The maximum absolute atomic E-state index is 12.1. The molecule has 1 unspecified atom stereocenters. The normalized spacial score (nSPS) is 19.3. The van der Waals surface area contributed by atoms with E-state index in [-0.39, 0.29) is 18.4 Å². The fraction of sp³-hybridized carbons (Fsp3) is 0.438. The van der Waals surface area contributed by atoms with Crippen molar-refractivity contribution in [1.82, 2.24) is 4.90 Å². The van der Waals surface area contributed by atoms with Crippen molar-refractivity contribution in [3.05, 3.63) is 35.9 Å². The zero-order valence-electron chi connectivity index (χ0n) is 11.8. The van der Waals surface area contributed by atoms with Crippen molar-refractivity contribution in [2.24, 2.45) is 5.92 Å². The fourth-order valence-electron chi connectivity index (χ4n) is 2.40. The Labute approximate surface area is 119 Å². The number of benzene rings is 1. The monoisotopic (exact) mass is 275 g/mol. The van der Waals surface area contributed by atoms with Gasteiger partial charge in [-0.25, -0.2) is 0 Å². The van der Waals surface area contributed by atoms with Crippen molar-refractivity contribution >= 4 is 12.0 Å². The van der Waals surface area contributed by atoms with Crippen LogP contribution < -0.4 is 4.74 Å². The number of likely N-dealkylation sites (tertiary alicyclic amines) is 1. The maximum atomic E-state index is 12.1. The number of aliphatic hydroxyl groups is 1. The Balaban J connectivity index is 1.94. The molecule has 4 nitrogen and oxygen atoms in total. The molecule has 0 aromatic heterocycles. The van der Waals surface area contributed by atoms with Gasteiger partial charge in [0.2, 0.25) is 5.91 Å². The quantitative estimate of drug-likeness (QED) is 0.854. The molecule has 0 saturated carbocycles. The lowest BCUT2D eigenvalue weighted by molar-refractivity contribution is -0.127. The summed E-state index contributed by atoms with van der Waals surface area (Å²) in [5.41, 5.74) is 0.967. The first-order chi connectivity index (χ1) is 9.72. The van der Waals surface area contributed by atoms with Gasteiger partial charge in [0, 0.05) is 25.8 Å². The second-order valence-electron chi connectivity index (χ2n) is 5.08. The average Bonchev–Trinajstić information content (AvgIpc) is 2.53. The lowest BCUT2D eigenvalue weighted by Gasteiger charge is -2.31. The number of aliphatic hydroxyl groups excluding tert-OH is 1.